The van der Waals surface area contributed by atoms with Gasteiger partial charge in [-0.3, -0.25) is 14.5 Å². The van der Waals surface area contributed by atoms with Crippen molar-refractivity contribution in [3.05, 3.63) is 71.0 Å². The van der Waals surface area contributed by atoms with Crippen molar-refractivity contribution in [3.8, 4) is 0 Å². The molecule has 1 atom stereocenters. The fourth-order valence-electron chi connectivity index (χ4n) is 3.02. The van der Waals surface area contributed by atoms with Crippen molar-refractivity contribution < 1.29 is 18.8 Å². The third-order valence-electron chi connectivity index (χ3n) is 4.64. The van der Waals surface area contributed by atoms with Crippen LogP contribution in [0.1, 0.15) is 23.6 Å². The Morgan fingerprint density at radius 1 is 1.19 bits per heavy atom. The maximum absolute atomic E-state index is 13.3. The molecule has 6 nitrogen and oxygen atoms in total. The molecule has 1 heterocycles. The van der Waals surface area contributed by atoms with Crippen molar-refractivity contribution in [2.45, 2.75) is 25.9 Å². The number of imide groups is 1. The van der Waals surface area contributed by atoms with Crippen LogP contribution in [-0.2, 0) is 21.7 Å². The lowest BCUT2D eigenvalue weighted by molar-refractivity contribution is -0.134. The van der Waals surface area contributed by atoms with E-state index in [1.54, 1.807) is 50.2 Å². The molecule has 2 N–H and O–H groups in total. The summed E-state index contributed by atoms with van der Waals surface area (Å²) < 4.78 is 13.3. The van der Waals surface area contributed by atoms with E-state index in [1.807, 2.05) is 6.07 Å². The topological polar surface area (TPSA) is 78.5 Å². The third-order valence-corrected chi connectivity index (χ3v) is 4.64. The number of aryl methyl sites for hydroxylation is 1. The largest absolute Gasteiger partial charge is 0.350 e. The van der Waals surface area contributed by atoms with E-state index in [2.05, 4.69) is 10.6 Å². The van der Waals surface area contributed by atoms with E-state index in [-0.39, 0.29) is 18.9 Å². The molecule has 7 heteroatoms. The summed E-state index contributed by atoms with van der Waals surface area (Å²) >= 11 is 0. The van der Waals surface area contributed by atoms with Gasteiger partial charge in [-0.25, -0.2) is 9.18 Å². The summed E-state index contributed by atoms with van der Waals surface area (Å²) in [4.78, 5) is 38.1. The molecule has 0 aliphatic carbocycles. The Kier molecular flexibility index (Phi) is 4.94. The van der Waals surface area contributed by atoms with Gasteiger partial charge >= 0.3 is 6.03 Å². The first-order valence-electron chi connectivity index (χ1n) is 8.52. The number of benzene rings is 2. The fourth-order valence-corrected chi connectivity index (χ4v) is 3.02. The summed E-state index contributed by atoms with van der Waals surface area (Å²) in [6.07, 6.45) is 0. The Morgan fingerprint density at radius 2 is 1.89 bits per heavy atom. The van der Waals surface area contributed by atoms with E-state index in [1.165, 1.54) is 6.07 Å². The number of amides is 4. The maximum atomic E-state index is 13.3. The highest BCUT2D eigenvalue weighted by Crippen LogP contribution is 2.28. The summed E-state index contributed by atoms with van der Waals surface area (Å²) in [5.41, 5.74) is 0.656. The molecule has 0 radical (unpaired) electrons. The van der Waals surface area contributed by atoms with Crippen LogP contribution in [0.15, 0.2) is 48.5 Å². The van der Waals surface area contributed by atoms with Gasteiger partial charge in [0.25, 0.3) is 5.91 Å². The molecular formula is C20H20FN3O3. The average Bonchev–Trinajstić information content (AvgIpc) is 2.87. The summed E-state index contributed by atoms with van der Waals surface area (Å²) in [6.45, 7) is 3.05. The standard InChI is InChI=1S/C20H20FN3O3/c1-13-10-14(8-9-16(13)21)11-22-17(25)12-24-18(26)20(2,23-19(24)27)15-6-4-3-5-7-15/h3-10H,11-12H2,1-2H3,(H,22,25)(H,23,27). The molecule has 4 amide bonds. The number of nitrogens with one attached hydrogen (secondary N) is 2. The Hall–Kier alpha value is -3.22. The van der Waals surface area contributed by atoms with Crippen LogP contribution in [0.2, 0.25) is 0 Å². The second kappa shape index (κ2) is 7.19. The normalized spacial score (nSPS) is 19.1. The number of rotatable bonds is 5. The monoisotopic (exact) mass is 369 g/mol. The first-order valence-corrected chi connectivity index (χ1v) is 8.52. The van der Waals surface area contributed by atoms with Gasteiger partial charge in [0.15, 0.2) is 0 Å². The second-order valence-corrected chi connectivity index (χ2v) is 6.67. The number of carbonyl (C=O) groups excluding carboxylic acids is 3. The molecule has 140 valence electrons. The number of halogens is 1. The number of carbonyl (C=O) groups is 3. The lowest BCUT2D eigenvalue weighted by Crippen LogP contribution is -2.43. The van der Waals surface area contributed by atoms with E-state index in [4.69, 9.17) is 0 Å². The lowest BCUT2D eigenvalue weighted by Gasteiger charge is -2.22. The van der Waals surface area contributed by atoms with Crippen LogP contribution >= 0.6 is 0 Å². The van der Waals surface area contributed by atoms with Crippen molar-refractivity contribution in [3.63, 3.8) is 0 Å². The fraction of sp³-hybridized carbons (Fsp3) is 0.250. The SMILES string of the molecule is Cc1cc(CNC(=O)CN2C(=O)NC(C)(c3ccccc3)C2=O)ccc1F. The molecule has 0 bridgehead atoms. The van der Waals surface area contributed by atoms with Gasteiger partial charge in [-0.2, -0.15) is 0 Å². The molecule has 0 spiro atoms. The Bertz CT molecular complexity index is 901. The predicted octanol–water partition coefficient (Wildman–Crippen LogP) is 2.22. The average molecular weight is 369 g/mol. The molecule has 1 aliphatic rings. The quantitative estimate of drug-likeness (QED) is 0.794. The Morgan fingerprint density at radius 3 is 2.56 bits per heavy atom. The zero-order valence-corrected chi connectivity index (χ0v) is 15.1. The van der Waals surface area contributed by atoms with Crippen molar-refractivity contribution in [2.75, 3.05) is 6.54 Å². The van der Waals surface area contributed by atoms with Gasteiger partial charge in [0, 0.05) is 6.54 Å². The van der Waals surface area contributed by atoms with Gasteiger partial charge in [-0.1, -0.05) is 42.5 Å². The minimum absolute atomic E-state index is 0.180. The smallest absolute Gasteiger partial charge is 0.325 e. The van der Waals surface area contributed by atoms with Gasteiger partial charge < -0.3 is 10.6 Å². The number of hydrogen-bond acceptors (Lipinski definition) is 3. The van der Waals surface area contributed by atoms with Crippen LogP contribution in [0, 0.1) is 12.7 Å². The van der Waals surface area contributed by atoms with Crippen molar-refractivity contribution >= 4 is 17.8 Å². The van der Waals surface area contributed by atoms with Crippen LogP contribution in [0.4, 0.5) is 9.18 Å². The zero-order chi connectivity index (χ0) is 19.6. The molecular weight excluding hydrogens is 349 g/mol. The lowest BCUT2D eigenvalue weighted by atomic mass is 9.92. The van der Waals surface area contributed by atoms with Crippen molar-refractivity contribution in [1.82, 2.24) is 15.5 Å². The number of urea groups is 1. The van der Waals surface area contributed by atoms with Gasteiger partial charge in [0.05, 0.1) is 0 Å². The van der Waals surface area contributed by atoms with Crippen LogP contribution < -0.4 is 10.6 Å². The summed E-state index contributed by atoms with van der Waals surface area (Å²) in [6, 6.07) is 12.8. The van der Waals surface area contributed by atoms with Crippen LogP contribution in [0.3, 0.4) is 0 Å². The third kappa shape index (κ3) is 3.67. The highest BCUT2D eigenvalue weighted by Gasteiger charge is 2.49. The van der Waals surface area contributed by atoms with E-state index in [9.17, 15) is 18.8 Å². The predicted molar refractivity (Wildman–Crippen MR) is 97.0 cm³/mol. The van der Waals surface area contributed by atoms with Crippen LogP contribution in [0.25, 0.3) is 0 Å². The molecule has 1 aliphatic heterocycles. The van der Waals surface area contributed by atoms with Gasteiger partial charge in [0.1, 0.15) is 17.9 Å². The summed E-state index contributed by atoms with van der Waals surface area (Å²) in [7, 11) is 0. The Balaban J connectivity index is 1.64. The van der Waals surface area contributed by atoms with Crippen molar-refractivity contribution in [1.29, 1.82) is 0 Å². The molecule has 1 fully saturated rings. The van der Waals surface area contributed by atoms with Crippen LogP contribution in [0.5, 0.6) is 0 Å². The number of nitrogens with zero attached hydrogens (tertiary/aromatic N) is 1. The van der Waals surface area contributed by atoms with E-state index < -0.39 is 23.4 Å². The van der Waals surface area contributed by atoms with Gasteiger partial charge in [-0.05, 0) is 36.6 Å². The molecule has 2 aromatic rings. The summed E-state index contributed by atoms with van der Waals surface area (Å²) in [5.74, 6) is -1.27. The van der Waals surface area contributed by atoms with Gasteiger partial charge in [-0.15, -0.1) is 0 Å². The molecule has 0 saturated carbocycles. The number of hydrogen-bond donors (Lipinski definition) is 2. The minimum Gasteiger partial charge on any atom is -0.350 e. The second-order valence-electron chi connectivity index (χ2n) is 6.67. The van der Waals surface area contributed by atoms with Crippen molar-refractivity contribution in [2.24, 2.45) is 0 Å². The first kappa shape index (κ1) is 18.6. The Labute approximate surface area is 156 Å². The summed E-state index contributed by atoms with van der Waals surface area (Å²) in [5, 5.41) is 5.30. The van der Waals surface area contributed by atoms with Gasteiger partial charge in [0.2, 0.25) is 5.91 Å². The minimum atomic E-state index is -1.20. The molecule has 1 unspecified atom stereocenters. The maximum Gasteiger partial charge on any atom is 0.325 e. The highest BCUT2D eigenvalue weighted by molar-refractivity contribution is 6.09. The first-order chi connectivity index (χ1) is 12.8. The molecule has 27 heavy (non-hydrogen) atoms. The highest BCUT2D eigenvalue weighted by atomic mass is 19.1. The van der Waals surface area contributed by atoms with E-state index in [0.29, 0.717) is 11.1 Å². The molecule has 3 rings (SSSR count). The van der Waals surface area contributed by atoms with Crippen LogP contribution in [-0.4, -0.2) is 29.3 Å². The zero-order valence-electron chi connectivity index (χ0n) is 15.1. The molecule has 2 aromatic carbocycles. The van der Waals surface area contributed by atoms with E-state index in [0.717, 1.165) is 10.5 Å². The van der Waals surface area contributed by atoms with E-state index >= 15 is 0 Å². The molecule has 0 aromatic heterocycles. The molecule has 1 saturated heterocycles.